The summed E-state index contributed by atoms with van der Waals surface area (Å²) in [6.45, 7) is 4.48. The molecule has 1 aliphatic rings. The number of rotatable bonds is 4. The molecule has 4 aromatic rings. The summed E-state index contributed by atoms with van der Waals surface area (Å²) in [4.78, 5) is 0. The number of hydrogen-bond acceptors (Lipinski definition) is 0. The summed E-state index contributed by atoms with van der Waals surface area (Å²) in [5, 5.41) is 1.43. The van der Waals surface area contributed by atoms with Crippen molar-refractivity contribution in [1.82, 2.24) is 4.57 Å². The molecule has 1 unspecified atom stereocenters. The van der Waals surface area contributed by atoms with Crippen LogP contribution in [-0.4, -0.2) is 4.57 Å². The monoisotopic (exact) mass is 351 g/mol. The third-order valence-electron chi connectivity index (χ3n) is 5.93. The van der Waals surface area contributed by atoms with E-state index in [0.29, 0.717) is 0 Å². The van der Waals surface area contributed by atoms with Crippen molar-refractivity contribution >= 4 is 10.9 Å². The van der Waals surface area contributed by atoms with Crippen LogP contribution in [0.15, 0.2) is 72.8 Å². The van der Waals surface area contributed by atoms with Gasteiger partial charge in [-0.05, 0) is 48.6 Å². The summed E-state index contributed by atoms with van der Waals surface area (Å²) < 4.78 is 2.60. The molecular weight excluding hydrogens is 326 g/mol. The van der Waals surface area contributed by atoms with Crippen LogP contribution in [0.4, 0.5) is 0 Å². The fraction of sp³-hybridized carbons (Fsp3) is 0.231. The molecule has 0 spiro atoms. The number of unbranched alkanes of at least 4 members (excludes halogenated alkanes) is 1. The minimum Gasteiger partial charge on any atom is -0.328 e. The average molecular weight is 351 g/mol. The summed E-state index contributed by atoms with van der Waals surface area (Å²) in [6.07, 6.45) is 3.61. The minimum absolute atomic E-state index is 0.261. The van der Waals surface area contributed by atoms with Crippen LogP contribution >= 0.6 is 0 Å². The molecule has 1 nitrogen and oxygen atoms in total. The van der Waals surface area contributed by atoms with Crippen LogP contribution in [0.5, 0.6) is 0 Å². The summed E-state index contributed by atoms with van der Waals surface area (Å²) in [5.74, 6) is 0. The summed E-state index contributed by atoms with van der Waals surface area (Å²) in [6, 6.07) is 27.2. The summed E-state index contributed by atoms with van der Waals surface area (Å²) >= 11 is 0. The van der Waals surface area contributed by atoms with Crippen molar-refractivity contribution in [3.8, 4) is 11.3 Å². The molecule has 0 amide bonds. The van der Waals surface area contributed by atoms with E-state index in [-0.39, 0.29) is 6.04 Å². The third kappa shape index (κ3) is 2.45. The van der Waals surface area contributed by atoms with Crippen molar-refractivity contribution in [2.45, 2.75) is 39.2 Å². The fourth-order valence-corrected chi connectivity index (χ4v) is 4.72. The maximum atomic E-state index is 2.60. The number of aryl methyl sites for hydroxylation is 2. The SMILES string of the molecule is CCCCc1c2n(c3ccccc13)C(c1ccccc1)c1ccc(C)cc1-2. The first-order valence-electron chi connectivity index (χ1n) is 10.1. The molecule has 0 fully saturated rings. The molecule has 0 bridgehead atoms. The van der Waals surface area contributed by atoms with E-state index < -0.39 is 0 Å². The summed E-state index contributed by atoms with van der Waals surface area (Å²) in [7, 11) is 0. The van der Waals surface area contributed by atoms with Crippen molar-refractivity contribution in [3.05, 3.63) is 95.1 Å². The number of aromatic nitrogens is 1. The zero-order valence-electron chi connectivity index (χ0n) is 16.1. The highest BCUT2D eigenvalue weighted by Gasteiger charge is 2.33. The van der Waals surface area contributed by atoms with E-state index in [1.54, 1.807) is 0 Å². The Labute approximate surface area is 161 Å². The molecular formula is C26H25N. The van der Waals surface area contributed by atoms with Gasteiger partial charge in [-0.2, -0.15) is 0 Å². The van der Waals surface area contributed by atoms with Gasteiger partial charge in [0.25, 0.3) is 0 Å². The van der Waals surface area contributed by atoms with Gasteiger partial charge in [-0.15, -0.1) is 0 Å². The number of fused-ring (bicyclic) bond motifs is 5. The normalized spacial score (nSPS) is 15.1. The second-order valence-corrected chi connectivity index (χ2v) is 7.72. The minimum atomic E-state index is 0.261. The van der Waals surface area contributed by atoms with Gasteiger partial charge in [0.15, 0.2) is 0 Å². The predicted octanol–water partition coefficient (Wildman–Crippen LogP) is 6.91. The molecule has 134 valence electrons. The van der Waals surface area contributed by atoms with Crippen LogP contribution in [0.1, 0.15) is 48.1 Å². The molecule has 5 rings (SSSR count). The number of benzene rings is 3. The first-order chi connectivity index (χ1) is 13.3. The highest BCUT2D eigenvalue weighted by atomic mass is 15.1. The molecule has 1 atom stereocenters. The molecule has 1 heteroatoms. The highest BCUT2D eigenvalue weighted by molar-refractivity contribution is 5.95. The summed E-state index contributed by atoms with van der Waals surface area (Å²) in [5.41, 5.74) is 9.89. The molecule has 3 aromatic carbocycles. The molecule has 0 saturated heterocycles. The Kier molecular flexibility index (Phi) is 3.89. The highest BCUT2D eigenvalue weighted by Crippen LogP contribution is 2.49. The molecule has 2 heterocycles. The largest absolute Gasteiger partial charge is 0.328 e. The smallest absolute Gasteiger partial charge is 0.0851 e. The van der Waals surface area contributed by atoms with Crippen molar-refractivity contribution in [2.75, 3.05) is 0 Å². The van der Waals surface area contributed by atoms with E-state index in [0.717, 1.165) is 6.42 Å². The number of hydrogen-bond donors (Lipinski definition) is 0. The fourth-order valence-electron chi connectivity index (χ4n) is 4.72. The maximum absolute atomic E-state index is 2.60. The van der Waals surface area contributed by atoms with E-state index >= 15 is 0 Å². The van der Waals surface area contributed by atoms with E-state index in [2.05, 4.69) is 91.2 Å². The number of nitrogens with zero attached hydrogens (tertiary/aromatic N) is 1. The van der Waals surface area contributed by atoms with E-state index in [1.807, 2.05) is 0 Å². The Bertz CT molecular complexity index is 1120. The van der Waals surface area contributed by atoms with Gasteiger partial charge in [0.1, 0.15) is 0 Å². The quantitative estimate of drug-likeness (QED) is 0.331. The van der Waals surface area contributed by atoms with Crippen molar-refractivity contribution in [1.29, 1.82) is 0 Å². The Morgan fingerprint density at radius 2 is 1.67 bits per heavy atom. The maximum Gasteiger partial charge on any atom is 0.0851 e. The first kappa shape index (κ1) is 16.4. The lowest BCUT2D eigenvalue weighted by molar-refractivity contribution is 0.737. The molecule has 0 aliphatic carbocycles. The second kappa shape index (κ2) is 6.42. The van der Waals surface area contributed by atoms with E-state index in [1.165, 1.54) is 57.3 Å². The average Bonchev–Trinajstić information content (AvgIpc) is 3.20. The lowest BCUT2D eigenvalue weighted by Gasteiger charge is -2.17. The number of para-hydroxylation sites is 1. The second-order valence-electron chi connectivity index (χ2n) is 7.72. The lowest BCUT2D eigenvalue weighted by Crippen LogP contribution is -2.07. The topological polar surface area (TPSA) is 4.93 Å². The van der Waals surface area contributed by atoms with Gasteiger partial charge in [0, 0.05) is 16.5 Å². The standard InChI is InChI=1S/C26H25N/c1-3-4-12-21-20-13-8-9-14-24(20)27-25(19-10-6-5-7-11-19)22-16-15-18(2)17-23(22)26(21)27/h5-11,13-17,25H,3-4,12H2,1-2H3. The van der Waals surface area contributed by atoms with Gasteiger partial charge in [0.2, 0.25) is 0 Å². The Hall–Kier alpha value is -2.80. The van der Waals surface area contributed by atoms with Gasteiger partial charge in [-0.25, -0.2) is 0 Å². The van der Waals surface area contributed by atoms with Crippen LogP contribution in [0.3, 0.4) is 0 Å². The molecule has 1 aliphatic heterocycles. The van der Waals surface area contributed by atoms with Gasteiger partial charge in [-0.3, -0.25) is 0 Å². The van der Waals surface area contributed by atoms with Crippen LogP contribution in [0, 0.1) is 6.92 Å². The van der Waals surface area contributed by atoms with Crippen LogP contribution in [-0.2, 0) is 6.42 Å². The van der Waals surface area contributed by atoms with Gasteiger partial charge in [-0.1, -0.05) is 79.6 Å². The van der Waals surface area contributed by atoms with Gasteiger partial charge < -0.3 is 4.57 Å². The van der Waals surface area contributed by atoms with Crippen LogP contribution < -0.4 is 0 Å². The zero-order chi connectivity index (χ0) is 18.4. The molecule has 0 N–H and O–H groups in total. The van der Waals surface area contributed by atoms with E-state index in [9.17, 15) is 0 Å². The third-order valence-corrected chi connectivity index (χ3v) is 5.93. The van der Waals surface area contributed by atoms with Crippen LogP contribution in [0.2, 0.25) is 0 Å². The predicted molar refractivity (Wildman–Crippen MR) is 114 cm³/mol. The Morgan fingerprint density at radius 3 is 2.48 bits per heavy atom. The lowest BCUT2D eigenvalue weighted by atomic mass is 9.93. The molecule has 0 radical (unpaired) electrons. The first-order valence-corrected chi connectivity index (χ1v) is 10.1. The van der Waals surface area contributed by atoms with Crippen molar-refractivity contribution in [2.24, 2.45) is 0 Å². The molecule has 0 saturated carbocycles. The van der Waals surface area contributed by atoms with Gasteiger partial charge >= 0.3 is 0 Å². The molecule has 1 aromatic heterocycles. The zero-order valence-corrected chi connectivity index (χ0v) is 16.1. The van der Waals surface area contributed by atoms with Crippen molar-refractivity contribution in [3.63, 3.8) is 0 Å². The Balaban J connectivity index is 1.87. The molecule has 27 heavy (non-hydrogen) atoms. The Morgan fingerprint density at radius 1 is 0.889 bits per heavy atom. The van der Waals surface area contributed by atoms with Crippen LogP contribution in [0.25, 0.3) is 22.2 Å². The van der Waals surface area contributed by atoms with E-state index in [4.69, 9.17) is 0 Å². The van der Waals surface area contributed by atoms with Crippen molar-refractivity contribution < 1.29 is 0 Å². The van der Waals surface area contributed by atoms with Gasteiger partial charge in [0.05, 0.1) is 11.7 Å².